The predicted octanol–water partition coefficient (Wildman–Crippen LogP) is 1.72. The topological polar surface area (TPSA) is 66.7 Å². The van der Waals surface area contributed by atoms with Gasteiger partial charge in [0.2, 0.25) is 5.76 Å². The van der Waals surface area contributed by atoms with Gasteiger partial charge in [0.15, 0.2) is 0 Å². The summed E-state index contributed by atoms with van der Waals surface area (Å²) in [6, 6.07) is 7.48. The number of halogens is 1. The zero-order valence-corrected chi connectivity index (χ0v) is 12.7. The molecule has 0 saturated carbocycles. The zero-order valence-electron chi connectivity index (χ0n) is 12.7. The number of rotatable bonds is 2. The molecule has 1 aliphatic heterocycles. The summed E-state index contributed by atoms with van der Waals surface area (Å²) in [5.41, 5.74) is 0.694. The van der Waals surface area contributed by atoms with Crippen LogP contribution in [0.25, 0.3) is 0 Å². The van der Waals surface area contributed by atoms with E-state index >= 15 is 0 Å². The van der Waals surface area contributed by atoms with Crippen LogP contribution in [0.5, 0.6) is 0 Å². The number of hydrogen-bond acceptors (Lipinski definition) is 4. The molecule has 0 spiro atoms. The molecule has 23 heavy (non-hydrogen) atoms. The molecule has 1 fully saturated rings. The van der Waals surface area contributed by atoms with E-state index in [9.17, 15) is 14.0 Å². The number of hydrogen-bond donors (Lipinski definition) is 0. The molecule has 1 aromatic carbocycles. The molecule has 0 aliphatic carbocycles. The van der Waals surface area contributed by atoms with Crippen molar-refractivity contribution in [1.29, 1.82) is 0 Å². The summed E-state index contributed by atoms with van der Waals surface area (Å²) >= 11 is 0. The van der Waals surface area contributed by atoms with Crippen LogP contribution in [0.15, 0.2) is 34.9 Å². The zero-order chi connectivity index (χ0) is 16.4. The van der Waals surface area contributed by atoms with Gasteiger partial charge in [-0.1, -0.05) is 17.3 Å². The van der Waals surface area contributed by atoms with Crippen LogP contribution in [0.1, 0.15) is 26.6 Å². The Morgan fingerprint density at radius 3 is 2.26 bits per heavy atom. The number of benzene rings is 1. The highest BCUT2D eigenvalue weighted by Crippen LogP contribution is 2.14. The number of nitrogens with zero attached hydrogens (tertiary/aromatic N) is 3. The first-order valence-electron chi connectivity index (χ1n) is 7.32. The first-order chi connectivity index (χ1) is 11.1. The Bertz CT molecular complexity index is 736. The van der Waals surface area contributed by atoms with Gasteiger partial charge in [0, 0.05) is 32.2 Å². The van der Waals surface area contributed by atoms with Crippen molar-refractivity contribution in [1.82, 2.24) is 15.0 Å². The van der Waals surface area contributed by atoms with Crippen LogP contribution in [-0.2, 0) is 0 Å². The number of carbonyl (C=O) groups excluding carboxylic acids is 2. The van der Waals surface area contributed by atoms with Gasteiger partial charge in [0.05, 0.1) is 11.3 Å². The van der Waals surface area contributed by atoms with E-state index in [1.54, 1.807) is 34.9 Å². The lowest BCUT2D eigenvalue weighted by Gasteiger charge is -2.34. The Kier molecular flexibility index (Phi) is 4.10. The molecular formula is C16H16FN3O3. The molecular weight excluding hydrogens is 301 g/mol. The van der Waals surface area contributed by atoms with Crippen LogP contribution < -0.4 is 0 Å². The third-order valence-corrected chi connectivity index (χ3v) is 3.80. The van der Waals surface area contributed by atoms with Crippen molar-refractivity contribution >= 4 is 11.8 Å². The van der Waals surface area contributed by atoms with Crippen molar-refractivity contribution in [2.45, 2.75) is 6.92 Å². The Morgan fingerprint density at radius 1 is 1.09 bits per heavy atom. The molecule has 2 aromatic rings. The van der Waals surface area contributed by atoms with Gasteiger partial charge in [0.25, 0.3) is 11.8 Å². The number of aromatic nitrogens is 1. The summed E-state index contributed by atoms with van der Waals surface area (Å²) in [7, 11) is 0. The van der Waals surface area contributed by atoms with E-state index in [1.807, 2.05) is 0 Å². The fraction of sp³-hybridized carbons (Fsp3) is 0.312. The number of carbonyl (C=O) groups is 2. The van der Waals surface area contributed by atoms with Gasteiger partial charge in [-0.2, -0.15) is 0 Å². The Labute approximate surface area is 132 Å². The number of amides is 2. The van der Waals surface area contributed by atoms with Gasteiger partial charge in [-0.25, -0.2) is 4.39 Å². The van der Waals surface area contributed by atoms with E-state index < -0.39 is 5.82 Å². The van der Waals surface area contributed by atoms with Crippen molar-refractivity contribution in [3.63, 3.8) is 0 Å². The SMILES string of the molecule is Cc1cc(C(=O)N2CCN(C(=O)c3ccccc3F)CC2)on1. The second-order valence-corrected chi connectivity index (χ2v) is 5.40. The highest BCUT2D eigenvalue weighted by molar-refractivity contribution is 5.95. The summed E-state index contributed by atoms with van der Waals surface area (Å²) in [5, 5.41) is 3.70. The van der Waals surface area contributed by atoms with E-state index in [1.165, 1.54) is 12.1 Å². The molecule has 0 radical (unpaired) electrons. The van der Waals surface area contributed by atoms with Crippen molar-refractivity contribution in [2.24, 2.45) is 0 Å². The first kappa shape index (κ1) is 15.2. The fourth-order valence-corrected chi connectivity index (χ4v) is 2.54. The van der Waals surface area contributed by atoms with Crippen LogP contribution in [0.3, 0.4) is 0 Å². The normalized spacial score (nSPS) is 14.9. The first-order valence-corrected chi connectivity index (χ1v) is 7.32. The summed E-state index contributed by atoms with van der Waals surface area (Å²) in [5.74, 6) is -0.946. The van der Waals surface area contributed by atoms with Gasteiger partial charge >= 0.3 is 0 Å². The minimum absolute atomic E-state index is 0.0538. The van der Waals surface area contributed by atoms with Gasteiger partial charge in [-0.3, -0.25) is 9.59 Å². The van der Waals surface area contributed by atoms with Crippen molar-refractivity contribution < 1.29 is 18.5 Å². The third-order valence-electron chi connectivity index (χ3n) is 3.80. The standard InChI is InChI=1S/C16H16FN3O3/c1-11-10-14(23-18-11)16(22)20-8-6-19(7-9-20)15(21)12-4-2-3-5-13(12)17/h2-5,10H,6-9H2,1H3. The van der Waals surface area contributed by atoms with E-state index in [0.717, 1.165) is 0 Å². The second kappa shape index (κ2) is 6.20. The molecule has 6 nitrogen and oxygen atoms in total. The molecule has 1 aliphatic rings. The molecule has 1 aromatic heterocycles. The predicted molar refractivity (Wildman–Crippen MR) is 79.4 cm³/mol. The van der Waals surface area contributed by atoms with Crippen LogP contribution >= 0.6 is 0 Å². The van der Waals surface area contributed by atoms with Crippen LogP contribution in [0, 0.1) is 12.7 Å². The summed E-state index contributed by atoms with van der Waals surface area (Å²) in [6.45, 7) is 3.20. The number of piperazine rings is 1. The molecule has 2 amide bonds. The van der Waals surface area contributed by atoms with Gasteiger partial charge in [-0.05, 0) is 19.1 Å². The molecule has 0 unspecified atom stereocenters. The minimum atomic E-state index is -0.534. The lowest BCUT2D eigenvalue weighted by Crippen LogP contribution is -2.50. The monoisotopic (exact) mass is 317 g/mol. The van der Waals surface area contributed by atoms with Crippen molar-refractivity contribution in [2.75, 3.05) is 26.2 Å². The summed E-state index contributed by atoms with van der Waals surface area (Å²) in [6.07, 6.45) is 0. The Hall–Kier alpha value is -2.70. The maximum absolute atomic E-state index is 13.7. The van der Waals surface area contributed by atoms with E-state index in [-0.39, 0.29) is 23.1 Å². The van der Waals surface area contributed by atoms with Crippen molar-refractivity contribution in [3.8, 4) is 0 Å². The van der Waals surface area contributed by atoms with Gasteiger partial charge in [-0.15, -0.1) is 0 Å². The molecule has 0 atom stereocenters. The minimum Gasteiger partial charge on any atom is -0.351 e. The van der Waals surface area contributed by atoms with Gasteiger partial charge in [0.1, 0.15) is 5.82 Å². The quantitative estimate of drug-likeness (QED) is 0.846. The van der Waals surface area contributed by atoms with Crippen LogP contribution in [0.4, 0.5) is 4.39 Å². The van der Waals surface area contributed by atoms with Crippen LogP contribution in [-0.4, -0.2) is 52.9 Å². The highest BCUT2D eigenvalue weighted by atomic mass is 19.1. The molecule has 1 saturated heterocycles. The van der Waals surface area contributed by atoms with E-state index in [0.29, 0.717) is 31.9 Å². The highest BCUT2D eigenvalue weighted by Gasteiger charge is 2.28. The fourth-order valence-electron chi connectivity index (χ4n) is 2.54. The molecule has 0 N–H and O–H groups in total. The number of aryl methyl sites for hydroxylation is 1. The second-order valence-electron chi connectivity index (χ2n) is 5.40. The molecule has 7 heteroatoms. The van der Waals surface area contributed by atoms with Crippen molar-refractivity contribution in [3.05, 3.63) is 53.2 Å². The molecule has 3 rings (SSSR count). The van der Waals surface area contributed by atoms with E-state index in [2.05, 4.69) is 5.16 Å². The third kappa shape index (κ3) is 3.08. The maximum atomic E-state index is 13.7. The largest absolute Gasteiger partial charge is 0.351 e. The average Bonchev–Trinajstić information content (AvgIpc) is 3.01. The molecule has 120 valence electrons. The van der Waals surface area contributed by atoms with E-state index in [4.69, 9.17) is 4.52 Å². The Morgan fingerprint density at radius 2 is 1.70 bits per heavy atom. The maximum Gasteiger partial charge on any atom is 0.292 e. The van der Waals surface area contributed by atoms with Gasteiger partial charge < -0.3 is 14.3 Å². The lowest BCUT2D eigenvalue weighted by molar-refractivity contribution is 0.0510. The van der Waals surface area contributed by atoms with Crippen LogP contribution in [0.2, 0.25) is 0 Å². The molecule has 2 heterocycles. The Balaban J connectivity index is 1.63. The average molecular weight is 317 g/mol. The summed E-state index contributed by atoms with van der Waals surface area (Å²) in [4.78, 5) is 27.7. The molecule has 0 bridgehead atoms. The smallest absolute Gasteiger partial charge is 0.292 e. The summed E-state index contributed by atoms with van der Waals surface area (Å²) < 4.78 is 18.7. The lowest BCUT2D eigenvalue weighted by atomic mass is 10.1.